The van der Waals surface area contributed by atoms with Gasteiger partial charge in [0.15, 0.2) is 0 Å². The zero-order valence-electron chi connectivity index (χ0n) is 15.3. The van der Waals surface area contributed by atoms with Gasteiger partial charge in [0.25, 0.3) is 5.91 Å². The number of halogens is 1. The van der Waals surface area contributed by atoms with Crippen molar-refractivity contribution in [1.82, 2.24) is 5.32 Å². The molecule has 1 saturated carbocycles. The van der Waals surface area contributed by atoms with Crippen LogP contribution in [0.1, 0.15) is 35.2 Å². The summed E-state index contributed by atoms with van der Waals surface area (Å²) in [6.45, 7) is 0.971. The van der Waals surface area contributed by atoms with Gasteiger partial charge in [-0.15, -0.1) is 0 Å². The normalized spacial score (nSPS) is 14.9. The molecule has 5 nitrogen and oxygen atoms in total. The Balaban J connectivity index is 1.67. The lowest BCUT2D eigenvalue weighted by atomic mass is 9.64. The van der Waals surface area contributed by atoms with E-state index in [1.54, 1.807) is 19.2 Å². The molecule has 0 radical (unpaired) electrons. The number of ether oxygens (including phenoxy) is 1. The maximum atomic E-state index is 13.0. The fourth-order valence-corrected chi connectivity index (χ4v) is 3.29. The van der Waals surface area contributed by atoms with Gasteiger partial charge in [0.1, 0.15) is 5.82 Å². The Kier molecular flexibility index (Phi) is 5.86. The first-order valence-electron chi connectivity index (χ1n) is 9.00. The van der Waals surface area contributed by atoms with Gasteiger partial charge in [-0.1, -0.05) is 18.6 Å². The molecule has 0 unspecified atom stereocenters. The minimum atomic E-state index is -0.493. The maximum absolute atomic E-state index is 13.0. The molecule has 142 valence electrons. The minimum Gasteiger partial charge on any atom is -0.383 e. The van der Waals surface area contributed by atoms with Crippen LogP contribution in [0.15, 0.2) is 48.5 Å². The van der Waals surface area contributed by atoms with Gasteiger partial charge in [0.2, 0.25) is 5.91 Å². The average molecular weight is 370 g/mol. The highest BCUT2D eigenvalue weighted by molar-refractivity contribution is 6.04. The number of anilines is 1. The van der Waals surface area contributed by atoms with Crippen LogP contribution in [0.4, 0.5) is 10.1 Å². The molecule has 0 aliphatic heterocycles. The molecule has 0 bridgehead atoms. The van der Waals surface area contributed by atoms with E-state index in [4.69, 9.17) is 4.74 Å². The second kappa shape index (κ2) is 8.31. The van der Waals surface area contributed by atoms with Crippen LogP contribution < -0.4 is 10.6 Å². The molecular formula is C21H23FN2O3. The zero-order valence-corrected chi connectivity index (χ0v) is 15.3. The molecule has 6 heteroatoms. The summed E-state index contributed by atoms with van der Waals surface area (Å²) in [5.74, 6) is -0.669. The van der Waals surface area contributed by atoms with Gasteiger partial charge < -0.3 is 15.4 Å². The van der Waals surface area contributed by atoms with Gasteiger partial charge in [0.05, 0.1) is 12.0 Å². The number of nitrogens with one attached hydrogen (secondary N) is 2. The smallest absolute Gasteiger partial charge is 0.255 e. The van der Waals surface area contributed by atoms with E-state index in [2.05, 4.69) is 10.6 Å². The second-order valence-electron chi connectivity index (χ2n) is 6.72. The van der Waals surface area contributed by atoms with Crippen molar-refractivity contribution in [2.24, 2.45) is 0 Å². The summed E-state index contributed by atoms with van der Waals surface area (Å²) in [7, 11) is 1.60. The molecule has 2 N–H and O–H groups in total. The van der Waals surface area contributed by atoms with Crippen molar-refractivity contribution < 1.29 is 18.7 Å². The van der Waals surface area contributed by atoms with E-state index < -0.39 is 5.41 Å². The standard InChI is InChI=1S/C21H23FN2O3/c1-27-14-13-23-20(26)21(11-2-12-21)16-5-9-18(10-6-16)24-19(25)15-3-7-17(22)8-4-15/h3-10H,2,11-14H2,1H3,(H,23,26)(H,24,25). The number of hydrogen-bond donors (Lipinski definition) is 2. The lowest BCUT2D eigenvalue weighted by Crippen LogP contribution is -2.49. The Morgan fingerprint density at radius 3 is 2.30 bits per heavy atom. The van der Waals surface area contributed by atoms with E-state index in [0.717, 1.165) is 24.8 Å². The summed E-state index contributed by atoms with van der Waals surface area (Å²) in [6, 6.07) is 12.7. The van der Waals surface area contributed by atoms with Crippen LogP contribution in [-0.2, 0) is 14.9 Å². The number of carbonyl (C=O) groups excluding carboxylic acids is 2. The third-order valence-corrected chi connectivity index (χ3v) is 5.04. The number of carbonyl (C=O) groups is 2. The monoisotopic (exact) mass is 370 g/mol. The van der Waals surface area contributed by atoms with Gasteiger partial charge in [-0.05, 0) is 54.8 Å². The molecule has 3 rings (SSSR count). The summed E-state index contributed by atoms with van der Waals surface area (Å²) in [5.41, 5.74) is 1.46. The van der Waals surface area contributed by atoms with Crippen LogP contribution in [0, 0.1) is 5.82 Å². The SMILES string of the molecule is COCCNC(=O)C1(c2ccc(NC(=O)c3ccc(F)cc3)cc2)CCC1. The Hall–Kier alpha value is -2.73. The third-order valence-electron chi connectivity index (χ3n) is 5.04. The Morgan fingerprint density at radius 2 is 1.74 bits per heavy atom. The van der Waals surface area contributed by atoms with Crippen LogP contribution >= 0.6 is 0 Å². The Labute approximate surface area is 157 Å². The van der Waals surface area contributed by atoms with Crippen molar-refractivity contribution in [2.75, 3.05) is 25.6 Å². The lowest BCUT2D eigenvalue weighted by molar-refractivity contribution is -0.130. The molecule has 1 aliphatic carbocycles. The highest BCUT2D eigenvalue weighted by Gasteiger charge is 2.45. The number of amides is 2. The minimum absolute atomic E-state index is 0.0221. The van der Waals surface area contributed by atoms with Crippen LogP contribution in [0.25, 0.3) is 0 Å². The molecule has 2 aromatic carbocycles. The van der Waals surface area contributed by atoms with Gasteiger partial charge >= 0.3 is 0 Å². The highest BCUT2D eigenvalue weighted by Crippen LogP contribution is 2.44. The first-order valence-corrected chi connectivity index (χ1v) is 9.00. The molecule has 2 amide bonds. The van der Waals surface area contributed by atoms with E-state index in [0.29, 0.717) is 24.4 Å². The van der Waals surface area contributed by atoms with E-state index in [1.165, 1.54) is 24.3 Å². The molecule has 1 fully saturated rings. The summed E-state index contributed by atoms with van der Waals surface area (Å²) in [4.78, 5) is 24.9. The molecule has 0 heterocycles. The van der Waals surface area contributed by atoms with Crippen LogP contribution in [0.3, 0.4) is 0 Å². The molecular weight excluding hydrogens is 347 g/mol. The van der Waals surface area contributed by atoms with E-state index in [1.807, 2.05) is 12.1 Å². The molecule has 0 atom stereocenters. The molecule has 0 aromatic heterocycles. The first-order chi connectivity index (χ1) is 13.0. The van der Waals surface area contributed by atoms with Gasteiger partial charge in [-0.3, -0.25) is 9.59 Å². The molecule has 1 aliphatic rings. The molecule has 0 saturated heterocycles. The maximum Gasteiger partial charge on any atom is 0.255 e. The summed E-state index contributed by atoms with van der Waals surface area (Å²) >= 11 is 0. The van der Waals surface area contributed by atoms with Crippen molar-refractivity contribution in [3.63, 3.8) is 0 Å². The lowest BCUT2D eigenvalue weighted by Gasteiger charge is -2.40. The number of benzene rings is 2. The van der Waals surface area contributed by atoms with Gasteiger partial charge in [0, 0.05) is 24.9 Å². The van der Waals surface area contributed by atoms with Crippen molar-refractivity contribution in [1.29, 1.82) is 0 Å². The predicted octanol–water partition coefficient (Wildman–Crippen LogP) is 3.26. The molecule has 2 aromatic rings. The zero-order chi connectivity index (χ0) is 19.3. The first kappa shape index (κ1) is 19.0. The largest absolute Gasteiger partial charge is 0.383 e. The van der Waals surface area contributed by atoms with Crippen molar-refractivity contribution in [3.05, 3.63) is 65.5 Å². The molecule has 27 heavy (non-hydrogen) atoms. The Bertz CT molecular complexity index is 799. The number of hydrogen-bond acceptors (Lipinski definition) is 3. The number of methoxy groups -OCH3 is 1. The summed E-state index contributed by atoms with van der Waals surface area (Å²) < 4.78 is 17.9. The van der Waals surface area contributed by atoms with Crippen molar-refractivity contribution in [3.8, 4) is 0 Å². The quantitative estimate of drug-likeness (QED) is 0.735. The van der Waals surface area contributed by atoms with E-state index in [-0.39, 0.29) is 17.6 Å². The summed E-state index contributed by atoms with van der Waals surface area (Å²) in [5, 5.41) is 5.72. The number of rotatable bonds is 7. The van der Waals surface area contributed by atoms with Crippen LogP contribution in [0.5, 0.6) is 0 Å². The topological polar surface area (TPSA) is 67.4 Å². The predicted molar refractivity (Wildman–Crippen MR) is 101 cm³/mol. The summed E-state index contributed by atoms with van der Waals surface area (Å²) in [6.07, 6.45) is 2.64. The third kappa shape index (κ3) is 4.17. The molecule has 0 spiro atoms. The van der Waals surface area contributed by atoms with Crippen LogP contribution in [-0.4, -0.2) is 32.1 Å². The van der Waals surface area contributed by atoms with E-state index >= 15 is 0 Å². The van der Waals surface area contributed by atoms with Crippen LogP contribution in [0.2, 0.25) is 0 Å². The fourth-order valence-electron chi connectivity index (χ4n) is 3.29. The average Bonchev–Trinajstić information content (AvgIpc) is 2.63. The Morgan fingerprint density at radius 1 is 1.07 bits per heavy atom. The van der Waals surface area contributed by atoms with E-state index in [9.17, 15) is 14.0 Å². The van der Waals surface area contributed by atoms with Gasteiger partial charge in [-0.25, -0.2) is 4.39 Å². The van der Waals surface area contributed by atoms with Gasteiger partial charge in [-0.2, -0.15) is 0 Å². The highest BCUT2D eigenvalue weighted by atomic mass is 19.1. The van der Waals surface area contributed by atoms with Crippen molar-refractivity contribution in [2.45, 2.75) is 24.7 Å². The fraction of sp³-hybridized carbons (Fsp3) is 0.333. The second-order valence-corrected chi connectivity index (χ2v) is 6.72. The van der Waals surface area contributed by atoms with Crippen molar-refractivity contribution >= 4 is 17.5 Å².